The number of likely N-dealkylation sites (tertiary alicyclic amines) is 1. The van der Waals surface area contributed by atoms with E-state index >= 15 is 0 Å². The number of hydrogen-bond acceptors (Lipinski definition) is 3. The number of ether oxygens (including phenoxy) is 1. The molecule has 0 saturated carbocycles. The molecule has 1 N–H and O–H groups in total. The molecule has 1 fully saturated rings. The first kappa shape index (κ1) is 18.4. The van der Waals surface area contributed by atoms with Gasteiger partial charge in [-0.3, -0.25) is 9.69 Å². The van der Waals surface area contributed by atoms with E-state index in [1.165, 1.54) is 29.8 Å². The Labute approximate surface area is 154 Å². The Bertz CT molecular complexity index is 725. The fourth-order valence-corrected chi connectivity index (χ4v) is 3.17. The highest BCUT2D eigenvalue weighted by molar-refractivity contribution is 5.94. The van der Waals surface area contributed by atoms with Gasteiger partial charge in [0.15, 0.2) is 0 Å². The molecule has 0 radical (unpaired) electrons. The normalized spacial score (nSPS) is 15.6. The predicted molar refractivity (Wildman–Crippen MR) is 100 cm³/mol. The van der Waals surface area contributed by atoms with Gasteiger partial charge >= 0.3 is 0 Å². The summed E-state index contributed by atoms with van der Waals surface area (Å²) in [5.74, 6) is 0.445. The van der Waals surface area contributed by atoms with E-state index in [2.05, 4.69) is 23.2 Å². The van der Waals surface area contributed by atoms with Crippen LogP contribution < -0.4 is 10.1 Å². The highest BCUT2D eigenvalue weighted by Crippen LogP contribution is 2.14. The third-order valence-corrected chi connectivity index (χ3v) is 4.69. The SMILES string of the molecule is Cc1cccc(OCCN2CCC(NC(=O)c3ccc(F)cc3)CC2)c1. The Morgan fingerprint density at radius 2 is 1.92 bits per heavy atom. The number of rotatable bonds is 6. The number of benzene rings is 2. The largest absolute Gasteiger partial charge is 0.492 e. The van der Waals surface area contributed by atoms with Gasteiger partial charge in [0.25, 0.3) is 5.91 Å². The van der Waals surface area contributed by atoms with Crippen molar-refractivity contribution in [2.45, 2.75) is 25.8 Å². The summed E-state index contributed by atoms with van der Waals surface area (Å²) in [6, 6.07) is 13.9. The van der Waals surface area contributed by atoms with Gasteiger partial charge in [0, 0.05) is 31.2 Å². The van der Waals surface area contributed by atoms with Gasteiger partial charge in [-0.2, -0.15) is 0 Å². The van der Waals surface area contributed by atoms with Crippen LogP contribution in [0.1, 0.15) is 28.8 Å². The molecule has 5 heteroatoms. The lowest BCUT2D eigenvalue weighted by molar-refractivity contribution is 0.0905. The Balaban J connectivity index is 1.37. The molecule has 1 aliphatic heterocycles. The molecule has 2 aromatic rings. The van der Waals surface area contributed by atoms with E-state index < -0.39 is 0 Å². The van der Waals surface area contributed by atoms with Crippen molar-refractivity contribution in [3.05, 3.63) is 65.5 Å². The lowest BCUT2D eigenvalue weighted by Gasteiger charge is -2.32. The molecule has 0 unspecified atom stereocenters. The van der Waals surface area contributed by atoms with Gasteiger partial charge in [-0.15, -0.1) is 0 Å². The average Bonchev–Trinajstić information content (AvgIpc) is 2.64. The lowest BCUT2D eigenvalue weighted by atomic mass is 10.0. The zero-order valence-electron chi connectivity index (χ0n) is 15.1. The summed E-state index contributed by atoms with van der Waals surface area (Å²) in [7, 11) is 0. The second-order valence-electron chi connectivity index (χ2n) is 6.76. The van der Waals surface area contributed by atoms with E-state index in [1.54, 1.807) is 0 Å². The smallest absolute Gasteiger partial charge is 0.251 e. The molecule has 0 bridgehead atoms. The minimum atomic E-state index is -0.331. The maximum absolute atomic E-state index is 12.9. The zero-order chi connectivity index (χ0) is 18.4. The Hall–Kier alpha value is -2.40. The van der Waals surface area contributed by atoms with Crippen LogP contribution in [0.2, 0.25) is 0 Å². The molecule has 1 amide bonds. The summed E-state index contributed by atoms with van der Waals surface area (Å²) in [4.78, 5) is 14.6. The zero-order valence-corrected chi connectivity index (χ0v) is 15.1. The minimum Gasteiger partial charge on any atom is -0.492 e. The van der Waals surface area contributed by atoms with Crippen molar-refractivity contribution in [2.75, 3.05) is 26.2 Å². The lowest BCUT2D eigenvalue weighted by Crippen LogP contribution is -2.45. The van der Waals surface area contributed by atoms with Crippen molar-refractivity contribution in [3.8, 4) is 5.75 Å². The van der Waals surface area contributed by atoms with Crippen molar-refractivity contribution in [2.24, 2.45) is 0 Å². The predicted octanol–water partition coefficient (Wildman–Crippen LogP) is 3.41. The van der Waals surface area contributed by atoms with Crippen LogP contribution >= 0.6 is 0 Å². The van der Waals surface area contributed by atoms with Crippen LogP contribution in [0.15, 0.2) is 48.5 Å². The van der Waals surface area contributed by atoms with Crippen molar-refractivity contribution in [1.82, 2.24) is 10.2 Å². The number of aryl methyl sites for hydroxylation is 1. The third-order valence-electron chi connectivity index (χ3n) is 4.69. The summed E-state index contributed by atoms with van der Waals surface area (Å²) in [6.45, 7) is 5.47. The van der Waals surface area contributed by atoms with E-state index in [0.29, 0.717) is 12.2 Å². The number of piperidine rings is 1. The summed E-state index contributed by atoms with van der Waals surface area (Å²) in [5, 5.41) is 3.04. The fourth-order valence-electron chi connectivity index (χ4n) is 3.17. The summed E-state index contributed by atoms with van der Waals surface area (Å²) in [6.07, 6.45) is 1.83. The molecular formula is C21H25FN2O2. The number of carbonyl (C=O) groups excluding carboxylic acids is 1. The number of nitrogens with zero attached hydrogens (tertiary/aromatic N) is 1. The molecule has 138 valence electrons. The molecule has 0 atom stereocenters. The van der Waals surface area contributed by atoms with Crippen LogP contribution in [-0.4, -0.2) is 43.1 Å². The first-order valence-corrected chi connectivity index (χ1v) is 9.08. The molecule has 4 nitrogen and oxygen atoms in total. The van der Waals surface area contributed by atoms with Gasteiger partial charge in [0.2, 0.25) is 0 Å². The van der Waals surface area contributed by atoms with Gasteiger partial charge in [-0.25, -0.2) is 4.39 Å². The van der Waals surface area contributed by atoms with E-state index in [0.717, 1.165) is 38.2 Å². The summed E-state index contributed by atoms with van der Waals surface area (Å²) >= 11 is 0. The van der Waals surface area contributed by atoms with Gasteiger partial charge in [0.1, 0.15) is 18.2 Å². The van der Waals surface area contributed by atoms with Crippen molar-refractivity contribution < 1.29 is 13.9 Å². The van der Waals surface area contributed by atoms with Crippen molar-refractivity contribution in [3.63, 3.8) is 0 Å². The molecule has 3 rings (SSSR count). The van der Waals surface area contributed by atoms with Crippen LogP contribution in [0.3, 0.4) is 0 Å². The van der Waals surface area contributed by atoms with Crippen LogP contribution in [0.4, 0.5) is 4.39 Å². The fraction of sp³-hybridized carbons (Fsp3) is 0.381. The highest BCUT2D eigenvalue weighted by Gasteiger charge is 2.21. The van der Waals surface area contributed by atoms with E-state index in [-0.39, 0.29) is 17.8 Å². The second-order valence-corrected chi connectivity index (χ2v) is 6.76. The quantitative estimate of drug-likeness (QED) is 0.862. The Morgan fingerprint density at radius 1 is 1.19 bits per heavy atom. The molecule has 2 aromatic carbocycles. The van der Waals surface area contributed by atoms with E-state index in [9.17, 15) is 9.18 Å². The standard InChI is InChI=1S/C21H25FN2O2/c1-16-3-2-4-20(15-16)26-14-13-24-11-9-19(10-12-24)23-21(25)17-5-7-18(22)8-6-17/h2-8,15,19H,9-14H2,1H3,(H,23,25). The third kappa shape index (κ3) is 5.30. The van der Waals surface area contributed by atoms with Crippen LogP contribution in [-0.2, 0) is 0 Å². The van der Waals surface area contributed by atoms with E-state index in [4.69, 9.17) is 4.74 Å². The maximum atomic E-state index is 12.9. The van der Waals surface area contributed by atoms with Crippen molar-refractivity contribution >= 4 is 5.91 Å². The molecule has 0 spiro atoms. The number of carbonyl (C=O) groups is 1. The molecule has 0 aliphatic carbocycles. The molecule has 0 aromatic heterocycles. The van der Waals surface area contributed by atoms with Crippen LogP contribution in [0.25, 0.3) is 0 Å². The van der Waals surface area contributed by atoms with Gasteiger partial charge < -0.3 is 10.1 Å². The first-order chi connectivity index (χ1) is 12.6. The first-order valence-electron chi connectivity index (χ1n) is 9.08. The molecular weight excluding hydrogens is 331 g/mol. The van der Waals surface area contributed by atoms with Crippen molar-refractivity contribution in [1.29, 1.82) is 0 Å². The molecule has 1 aliphatic rings. The number of nitrogens with one attached hydrogen (secondary N) is 1. The second kappa shape index (κ2) is 8.81. The van der Waals surface area contributed by atoms with Gasteiger partial charge in [-0.05, 0) is 61.7 Å². The topological polar surface area (TPSA) is 41.6 Å². The Morgan fingerprint density at radius 3 is 2.62 bits per heavy atom. The number of amides is 1. The van der Waals surface area contributed by atoms with Gasteiger partial charge in [0.05, 0.1) is 0 Å². The average molecular weight is 356 g/mol. The maximum Gasteiger partial charge on any atom is 0.251 e. The van der Waals surface area contributed by atoms with Crippen LogP contribution in [0.5, 0.6) is 5.75 Å². The molecule has 26 heavy (non-hydrogen) atoms. The Kier molecular flexibility index (Phi) is 6.23. The number of halogens is 1. The summed E-state index contributed by atoms with van der Waals surface area (Å²) in [5.41, 5.74) is 1.69. The monoisotopic (exact) mass is 356 g/mol. The van der Waals surface area contributed by atoms with E-state index in [1.807, 2.05) is 18.2 Å². The highest BCUT2D eigenvalue weighted by atomic mass is 19.1. The van der Waals surface area contributed by atoms with Crippen LogP contribution in [0, 0.1) is 12.7 Å². The number of hydrogen-bond donors (Lipinski definition) is 1. The molecule has 1 heterocycles. The molecule has 1 saturated heterocycles. The summed E-state index contributed by atoms with van der Waals surface area (Å²) < 4.78 is 18.7. The minimum absolute atomic E-state index is 0.133. The van der Waals surface area contributed by atoms with Gasteiger partial charge in [-0.1, -0.05) is 12.1 Å².